The van der Waals surface area contributed by atoms with Crippen LogP contribution in [0.1, 0.15) is 19.3 Å². The molecule has 74 valence electrons. The van der Waals surface area contributed by atoms with Crippen LogP contribution in [0.4, 0.5) is 4.39 Å². The molecule has 1 saturated carbocycles. The van der Waals surface area contributed by atoms with Gasteiger partial charge in [-0.15, -0.1) is 0 Å². The molecule has 2 aliphatic rings. The maximum absolute atomic E-state index is 13.1. The minimum absolute atomic E-state index is 0.270. The second kappa shape index (κ2) is 3.51. The molecule has 1 nitrogen and oxygen atoms in total. The number of nitrogens with zero attached hydrogens (tertiary/aromatic N) is 1. The molecule has 2 rings (SSSR count). The maximum atomic E-state index is 13.1. The Hall–Kier alpha value is -0.620. The number of halogens is 2. The van der Waals surface area contributed by atoms with Crippen molar-refractivity contribution in [1.29, 1.82) is 5.26 Å². The summed E-state index contributed by atoms with van der Waals surface area (Å²) in [5, 5.41) is 9.11. The van der Waals surface area contributed by atoms with Crippen molar-refractivity contribution in [3.05, 3.63) is 23.8 Å². The fourth-order valence-electron chi connectivity index (χ4n) is 1.94. The number of allylic oxidation sites excluding steroid dienone is 4. The molecule has 0 heterocycles. The molecule has 1 fully saturated rings. The van der Waals surface area contributed by atoms with Gasteiger partial charge in [-0.2, -0.15) is 5.26 Å². The minimum atomic E-state index is -0.963. The summed E-state index contributed by atoms with van der Waals surface area (Å²) >= 11 is 3.26. The van der Waals surface area contributed by atoms with Crippen LogP contribution in [0.25, 0.3) is 0 Å². The molecule has 2 unspecified atom stereocenters. The molecule has 0 saturated heterocycles. The van der Waals surface area contributed by atoms with E-state index in [9.17, 15) is 4.39 Å². The second-order valence-corrected chi connectivity index (χ2v) is 4.97. The summed E-state index contributed by atoms with van der Waals surface area (Å²) in [6.07, 6.45) is 7.11. The van der Waals surface area contributed by atoms with E-state index in [-0.39, 0.29) is 10.2 Å². The van der Waals surface area contributed by atoms with Gasteiger partial charge >= 0.3 is 0 Å². The van der Waals surface area contributed by atoms with Crippen molar-refractivity contribution in [2.75, 3.05) is 0 Å². The predicted molar refractivity (Wildman–Crippen MR) is 56.7 cm³/mol. The van der Waals surface area contributed by atoms with Crippen LogP contribution in [-0.2, 0) is 0 Å². The van der Waals surface area contributed by atoms with E-state index >= 15 is 0 Å². The molecule has 0 bridgehead atoms. The van der Waals surface area contributed by atoms with Gasteiger partial charge in [-0.3, -0.25) is 0 Å². The molecule has 0 spiro atoms. The van der Waals surface area contributed by atoms with E-state index in [0.717, 1.165) is 24.8 Å². The fourth-order valence-corrected chi connectivity index (χ4v) is 2.40. The molecule has 0 aliphatic heterocycles. The number of hydrogen-bond donors (Lipinski definition) is 0. The third kappa shape index (κ3) is 1.42. The topological polar surface area (TPSA) is 23.8 Å². The van der Waals surface area contributed by atoms with Crippen molar-refractivity contribution >= 4 is 15.9 Å². The van der Waals surface area contributed by atoms with Crippen LogP contribution in [0.3, 0.4) is 0 Å². The number of alkyl halides is 2. The van der Waals surface area contributed by atoms with E-state index in [1.807, 2.05) is 6.08 Å². The average Bonchev–Trinajstić information content (AvgIpc) is 2.10. The van der Waals surface area contributed by atoms with E-state index < -0.39 is 6.17 Å². The maximum Gasteiger partial charge on any atom is 0.135 e. The lowest BCUT2D eigenvalue weighted by Crippen LogP contribution is -2.31. The highest BCUT2D eigenvalue weighted by Crippen LogP contribution is 2.48. The van der Waals surface area contributed by atoms with Crippen molar-refractivity contribution in [1.82, 2.24) is 0 Å². The zero-order valence-electron chi connectivity index (χ0n) is 7.71. The van der Waals surface area contributed by atoms with E-state index in [1.54, 1.807) is 6.08 Å². The summed E-state index contributed by atoms with van der Waals surface area (Å²) in [7, 11) is 0. The van der Waals surface area contributed by atoms with Gasteiger partial charge in [0.15, 0.2) is 0 Å². The highest BCUT2D eigenvalue weighted by Gasteiger charge is 2.41. The van der Waals surface area contributed by atoms with Crippen LogP contribution in [-0.4, -0.2) is 11.0 Å². The predicted octanol–water partition coefficient (Wildman–Crippen LogP) is 3.28. The minimum Gasteiger partial charge on any atom is -0.241 e. The second-order valence-electron chi connectivity index (χ2n) is 3.92. The molecular formula is C11H11BrFN. The van der Waals surface area contributed by atoms with Crippen LogP contribution in [0, 0.1) is 16.7 Å². The molecule has 0 aromatic heterocycles. The first-order chi connectivity index (χ1) is 6.68. The third-order valence-corrected chi connectivity index (χ3v) is 3.85. The first-order valence-electron chi connectivity index (χ1n) is 4.78. The summed E-state index contributed by atoms with van der Waals surface area (Å²) in [4.78, 5) is -0.270. The Morgan fingerprint density at radius 3 is 2.71 bits per heavy atom. The Morgan fingerprint density at radius 1 is 1.57 bits per heavy atom. The molecule has 14 heavy (non-hydrogen) atoms. The fraction of sp³-hybridized carbons (Fsp3) is 0.545. The molecule has 0 amide bonds. The normalized spacial score (nSPS) is 34.2. The van der Waals surface area contributed by atoms with Crippen molar-refractivity contribution in [3.63, 3.8) is 0 Å². The summed E-state index contributed by atoms with van der Waals surface area (Å²) in [5.41, 5.74) is 0.671. The molecule has 2 atom stereocenters. The summed E-state index contributed by atoms with van der Waals surface area (Å²) in [6.45, 7) is 0. The molecule has 0 N–H and O–H groups in total. The Balaban J connectivity index is 2.24. The van der Waals surface area contributed by atoms with Crippen LogP contribution in [0.5, 0.6) is 0 Å². The van der Waals surface area contributed by atoms with Gasteiger partial charge in [-0.1, -0.05) is 28.1 Å². The zero-order chi connectivity index (χ0) is 10.2. The zero-order valence-corrected chi connectivity index (χ0v) is 9.30. The van der Waals surface area contributed by atoms with E-state index in [1.165, 1.54) is 6.08 Å². The van der Waals surface area contributed by atoms with Gasteiger partial charge in [0.25, 0.3) is 0 Å². The van der Waals surface area contributed by atoms with Crippen LogP contribution >= 0.6 is 15.9 Å². The van der Waals surface area contributed by atoms with Crippen LogP contribution in [0.2, 0.25) is 0 Å². The van der Waals surface area contributed by atoms with E-state index in [0.29, 0.717) is 0 Å². The summed E-state index contributed by atoms with van der Waals surface area (Å²) in [5.74, 6) is 0. The lowest BCUT2D eigenvalue weighted by atomic mass is 9.64. The summed E-state index contributed by atoms with van der Waals surface area (Å²) in [6, 6.07) is 2.36. The number of nitriles is 1. The summed E-state index contributed by atoms with van der Waals surface area (Å²) < 4.78 is 13.1. The first kappa shape index (κ1) is 9.92. The highest BCUT2D eigenvalue weighted by molar-refractivity contribution is 9.09. The standard InChI is InChI=1S/C11H11BrFN/c12-9-6-8(2-3-10(9)13)11(7-14)4-1-5-11/h2-3,6,9-10H,1,4-5H2. The van der Waals surface area contributed by atoms with Crippen LogP contribution < -0.4 is 0 Å². The van der Waals surface area contributed by atoms with Crippen LogP contribution in [0.15, 0.2) is 23.8 Å². The third-order valence-electron chi connectivity index (χ3n) is 3.08. The van der Waals surface area contributed by atoms with Crippen molar-refractivity contribution in [2.45, 2.75) is 30.3 Å². The van der Waals surface area contributed by atoms with Gasteiger partial charge in [0.1, 0.15) is 6.17 Å². The Labute approximate surface area is 91.4 Å². The molecular weight excluding hydrogens is 245 g/mol. The molecule has 0 aromatic carbocycles. The van der Waals surface area contributed by atoms with Crippen molar-refractivity contribution in [2.24, 2.45) is 5.41 Å². The Morgan fingerprint density at radius 2 is 2.29 bits per heavy atom. The highest BCUT2D eigenvalue weighted by atomic mass is 79.9. The van der Waals surface area contributed by atoms with Gasteiger partial charge in [0, 0.05) is 0 Å². The van der Waals surface area contributed by atoms with Gasteiger partial charge in [0.05, 0.1) is 16.3 Å². The van der Waals surface area contributed by atoms with Gasteiger partial charge in [0.2, 0.25) is 0 Å². The Kier molecular flexibility index (Phi) is 2.48. The quantitative estimate of drug-likeness (QED) is 0.660. The molecule has 0 aromatic rings. The first-order valence-corrected chi connectivity index (χ1v) is 5.69. The van der Waals surface area contributed by atoms with E-state index in [2.05, 4.69) is 22.0 Å². The van der Waals surface area contributed by atoms with Crippen molar-refractivity contribution < 1.29 is 4.39 Å². The number of rotatable bonds is 1. The number of hydrogen-bond acceptors (Lipinski definition) is 1. The lowest BCUT2D eigenvalue weighted by molar-refractivity contribution is 0.271. The largest absolute Gasteiger partial charge is 0.241 e. The van der Waals surface area contributed by atoms with E-state index in [4.69, 9.17) is 5.26 Å². The van der Waals surface area contributed by atoms with Crippen molar-refractivity contribution in [3.8, 4) is 6.07 Å². The molecule has 0 radical (unpaired) electrons. The molecule has 3 heteroatoms. The van der Waals surface area contributed by atoms with Gasteiger partial charge in [-0.25, -0.2) is 4.39 Å². The smallest absolute Gasteiger partial charge is 0.135 e. The SMILES string of the molecule is N#CC1(C2=CC(Br)C(F)C=C2)CCC1. The molecule has 2 aliphatic carbocycles. The monoisotopic (exact) mass is 255 g/mol. The van der Waals surface area contributed by atoms with Gasteiger partial charge < -0.3 is 0 Å². The van der Waals surface area contributed by atoms with Gasteiger partial charge in [-0.05, 0) is 30.9 Å². The lowest BCUT2D eigenvalue weighted by Gasteiger charge is -2.38. The average molecular weight is 256 g/mol. The Bertz CT molecular complexity index is 336.